The Balaban J connectivity index is 1.35. The van der Waals surface area contributed by atoms with Crippen molar-refractivity contribution >= 4 is 34.3 Å². The third-order valence-electron chi connectivity index (χ3n) is 4.27. The molecular weight excluding hydrogens is 376 g/mol. The van der Waals surface area contributed by atoms with E-state index < -0.39 is 0 Å². The molecule has 0 saturated heterocycles. The van der Waals surface area contributed by atoms with Crippen LogP contribution in [0.25, 0.3) is 0 Å². The van der Waals surface area contributed by atoms with Crippen LogP contribution in [0.1, 0.15) is 32.0 Å². The zero-order valence-electron chi connectivity index (χ0n) is 14.7. The van der Waals surface area contributed by atoms with Crippen LogP contribution in [0.15, 0.2) is 60.0 Å². The Morgan fingerprint density at radius 2 is 1.61 bits per heavy atom. The van der Waals surface area contributed by atoms with Crippen molar-refractivity contribution in [2.45, 2.75) is 13.1 Å². The monoisotopic (exact) mass is 392 g/mol. The minimum atomic E-state index is -0.370. The Labute approximate surface area is 165 Å². The Morgan fingerprint density at radius 1 is 0.964 bits per heavy atom. The molecule has 0 saturated carbocycles. The second-order valence-corrected chi connectivity index (χ2v) is 7.04. The maximum atomic E-state index is 12.4. The smallest absolute Gasteiger partial charge is 0.321 e. The molecular formula is C20H16N4O3S. The predicted octanol–water partition coefficient (Wildman–Crippen LogP) is 3.26. The lowest BCUT2D eigenvalue weighted by atomic mass is 10.1. The fourth-order valence-corrected chi connectivity index (χ4v) is 3.60. The number of rotatable bonds is 5. The van der Waals surface area contributed by atoms with Crippen molar-refractivity contribution in [1.82, 2.24) is 15.2 Å². The van der Waals surface area contributed by atoms with E-state index in [4.69, 9.17) is 0 Å². The minimum Gasteiger partial charge on any atom is -0.334 e. The molecule has 0 radical (unpaired) electrons. The first-order valence-corrected chi connectivity index (χ1v) is 9.48. The quantitative estimate of drug-likeness (QED) is 0.652. The van der Waals surface area contributed by atoms with Crippen LogP contribution in [-0.2, 0) is 13.1 Å². The van der Waals surface area contributed by atoms with Crippen LogP contribution in [0, 0.1) is 0 Å². The van der Waals surface area contributed by atoms with Crippen molar-refractivity contribution in [3.8, 4) is 0 Å². The highest BCUT2D eigenvalue weighted by molar-refractivity contribution is 7.13. The number of carbonyl (C=O) groups excluding carboxylic acids is 3. The van der Waals surface area contributed by atoms with Gasteiger partial charge in [-0.15, -0.1) is 11.3 Å². The van der Waals surface area contributed by atoms with Gasteiger partial charge in [0.15, 0.2) is 5.13 Å². The number of amides is 4. The fourth-order valence-electron chi connectivity index (χ4n) is 2.90. The maximum Gasteiger partial charge on any atom is 0.321 e. The fraction of sp³-hybridized carbons (Fsp3) is 0.100. The molecule has 4 rings (SSSR count). The zero-order chi connectivity index (χ0) is 19.5. The van der Waals surface area contributed by atoms with Gasteiger partial charge in [-0.3, -0.25) is 19.8 Å². The van der Waals surface area contributed by atoms with E-state index in [1.807, 2.05) is 30.3 Å². The van der Waals surface area contributed by atoms with E-state index in [9.17, 15) is 14.4 Å². The number of anilines is 1. The molecule has 2 aromatic carbocycles. The molecule has 7 nitrogen and oxygen atoms in total. The molecule has 2 heterocycles. The molecule has 3 aromatic rings. The van der Waals surface area contributed by atoms with Gasteiger partial charge in [0.2, 0.25) is 0 Å². The van der Waals surface area contributed by atoms with Gasteiger partial charge >= 0.3 is 6.03 Å². The van der Waals surface area contributed by atoms with Gasteiger partial charge in [0.25, 0.3) is 11.8 Å². The van der Waals surface area contributed by atoms with Crippen LogP contribution in [0.2, 0.25) is 0 Å². The van der Waals surface area contributed by atoms with E-state index in [1.54, 1.807) is 29.6 Å². The average molecular weight is 392 g/mol. The standard InChI is InChI=1S/C20H16N4O3S/c25-17-15-8-4-5-9-16(15)18(26)24(17)11-14-12-28-20(22-14)23-19(27)21-10-13-6-2-1-3-7-13/h1-9,12H,10-11H2,(H2,21,22,23,27). The molecule has 28 heavy (non-hydrogen) atoms. The minimum absolute atomic E-state index is 0.0656. The van der Waals surface area contributed by atoms with Gasteiger partial charge < -0.3 is 5.32 Å². The predicted molar refractivity (Wildman–Crippen MR) is 105 cm³/mol. The van der Waals surface area contributed by atoms with Crippen molar-refractivity contribution < 1.29 is 14.4 Å². The molecule has 0 bridgehead atoms. The first kappa shape index (κ1) is 17.9. The van der Waals surface area contributed by atoms with Crippen LogP contribution < -0.4 is 10.6 Å². The highest BCUT2D eigenvalue weighted by Gasteiger charge is 2.35. The Morgan fingerprint density at radius 3 is 2.29 bits per heavy atom. The van der Waals surface area contributed by atoms with Crippen LogP contribution in [0.5, 0.6) is 0 Å². The molecule has 1 aliphatic rings. The maximum absolute atomic E-state index is 12.4. The lowest BCUT2D eigenvalue weighted by Gasteiger charge is -2.11. The summed E-state index contributed by atoms with van der Waals surface area (Å²) in [6, 6.07) is 15.9. The molecule has 0 spiro atoms. The topological polar surface area (TPSA) is 91.4 Å². The number of thiazole rings is 1. The number of imide groups is 1. The Kier molecular flexibility index (Phi) is 4.86. The summed E-state index contributed by atoms with van der Waals surface area (Å²) in [6.07, 6.45) is 0. The number of urea groups is 1. The van der Waals surface area contributed by atoms with E-state index in [1.165, 1.54) is 16.2 Å². The normalized spacial score (nSPS) is 12.8. The molecule has 0 aliphatic carbocycles. The van der Waals surface area contributed by atoms with E-state index in [0.717, 1.165) is 5.56 Å². The highest BCUT2D eigenvalue weighted by atomic mass is 32.1. The number of fused-ring (bicyclic) bond motifs is 1. The average Bonchev–Trinajstić information content (AvgIpc) is 3.26. The molecule has 8 heteroatoms. The van der Waals surface area contributed by atoms with Crippen molar-refractivity contribution in [2.75, 3.05) is 5.32 Å². The van der Waals surface area contributed by atoms with Gasteiger partial charge in [0.05, 0.1) is 23.4 Å². The van der Waals surface area contributed by atoms with Crippen molar-refractivity contribution in [1.29, 1.82) is 0 Å². The SMILES string of the molecule is O=C(NCc1ccccc1)Nc1nc(CN2C(=O)c3ccccc3C2=O)cs1. The molecule has 0 fully saturated rings. The molecule has 2 N–H and O–H groups in total. The molecule has 1 aliphatic heterocycles. The summed E-state index contributed by atoms with van der Waals surface area (Å²) in [5, 5.41) is 7.54. The van der Waals surface area contributed by atoms with Gasteiger partial charge in [0.1, 0.15) is 0 Å². The summed E-state index contributed by atoms with van der Waals surface area (Å²) in [6.45, 7) is 0.468. The number of hydrogen-bond acceptors (Lipinski definition) is 5. The first-order valence-electron chi connectivity index (χ1n) is 8.60. The zero-order valence-corrected chi connectivity index (χ0v) is 15.5. The molecule has 0 unspecified atom stereocenters. The second-order valence-electron chi connectivity index (χ2n) is 6.18. The van der Waals surface area contributed by atoms with Gasteiger partial charge in [-0.2, -0.15) is 0 Å². The summed E-state index contributed by atoms with van der Waals surface area (Å²) in [5.74, 6) is -0.660. The van der Waals surface area contributed by atoms with Crippen molar-refractivity contribution in [3.05, 3.63) is 82.4 Å². The van der Waals surface area contributed by atoms with E-state index in [2.05, 4.69) is 15.6 Å². The summed E-state index contributed by atoms with van der Waals surface area (Å²) in [4.78, 5) is 42.3. The van der Waals surface area contributed by atoms with E-state index >= 15 is 0 Å². The van der Waals surface area contributed by atoms with Gasteiger partial charge in [-0.25, -0.2) is 9.78 Å². The Hall–Kier alpha value is -3.52. The summed E-state index contributed by atoms with van der Waals surface area (Å²) in [7, 11) is 0. The molecule has 4 amide bonds. The number of carbonyl (C=O) groups is 3. The number of hydrogen-bond donors (Lipinski definition) is 2. The number of aromatic nitrogens is 1. The van der Waals surface area contributed by atoms with Crippen LogP contribution in [0.3, 0.4) is 0 Å². The van der Waals surface area contributed by atoms with Gasteiger partial charge in [-0.1, -0.05) is 42.5 Å². The summed E-state index contributed by atoms with van der Waals surface area (Å²) < 4.78 is 0. The number of nitrogens with one attached hydrogen (secondary N) is 2. The van der Waals surface area contributed by atoms with Crippen LogP contribution >= 0.6 is 11.3 Å². The van der Waals surface area contributed by atoms with Crippen molar-refractivity contribution in [2.24, 2.45) is 0 Å². The Bertz CT molecular complexity index is 1010. The summed E-state index contributed by atoms with van der Waals surface area (Å²) >= 11 is 1.24. The largest absolute Gasteiger partial charge is 0.334 e. The summed E-state index contributed by atoms with van der Waals surface area (Å²) in [5.41, 5.74) is 2.34. The first-order chi connectivity index (χ1) is 13.6. The molecule has 0 atom stereocenters. The van der Waals surface area contributed by atoms with Gasteiger partial charge in [-0.05, 0) is 17.7 Å². The van der Waals surface area contributed by atoms with Crippen LogP contribution in [0.4, 0.5) is 9.93 Å². The number of nitrogens with zero attached hydrogens (tertiary/aromatic N) is 2. The van der Waals surface area contributed by atoms with Crippen molar-refractivity contribution in [3.63, 3.8) is 0 Å². The molecule has 140 valence electrons. The number of benzene rings is 2. The van der Waals surface area contributed by atoms with Crippen LogP contribution in [-0.4, -0.2) is 27.7 Å². The second kappa shape index (κ2) is 7.61. The third kappa shape index (κ3) is 3.63. The highest BCUT2D eigenvalue weighted by Crippen LogP contribution is 2.25. The van der Waals surface area contributed by atoms with Gasteiger partial charge in [0, 0.05) is 11.9 Å². The molecule has 1 aromatic heterocycles. The van der Waals surface area contributed by atoms with E-state index in [-0.39, 0.29) is 24.4 Å². The lowest BCUT2D eigenvalue weighted by Crippen LogP contribution is -2.29. The third-order valence-corrected chi connectivity index (χ3v) is 5.07. The van der Waals surface area contributed by atoms with E-state index in [0.29, 0.717) is 28.5 Å². The lowest BCUT2D eigenvalue weighted by molar-refractivity contribution is 0.0640.